The van der Waals surface area contributed by atoms with Crippen LogP contribution in [0.1, 0.15) is 79.1 Å². The zero-order chi connectivity index (χ0) is 19.3. The molecular formula is C23H42BN3. The van der Waals surface area contributed by atoms with Gasteiger partial charge in [-0.3, -0.25) is 4.99 Å². The summed E-state index contributed by atoms with van der Waals surface area (Å²) in [7, 11) is 4.41. The van der Waals surface area contributed by atoms with Crippen LogP contribution in [0.5, 0.6) is 0 Å². The minimum Gasteiger partial charge on any atom is -0.384 e. The van der Waals surface area contributed by atoms with Crippen molar-refractivity contribution in [3.8, 4) is 0 Å². The van der Waals surface area contributed by atoms with E-state index in [0.717, 1.165) is 42.2 Å². The van der Waals surface area contributed by atoms with Gasteiger partial charge in [0.1, 0.15) is 0 Å². The van der Waals surface area contributed by atoms with Crippen molar-refractivity contribution in [3.63, 3.8) is 0 Å². The molecule has 0 heterocycles. The highest BCUT2D eigenvalue weighted by Gasteiger charge is 2.55. The van der Waals surface area contributed by atoms with E-state index in [9.17, 15) is 0 Å². The lowest BCUT2D eigenvalue weighted by atomic mass is 9.36. The predicted octanol–water partition coefficient (Wildman–Crippen LogP) is 5.39. The molecule has 4 aliphatic carbocycles. The Morgan fingerprint density at radius 2 is 1.33 bits per heavy atom. The normalized spacial score (nSPS) is 37.7. The number of fused-ring (bicyclic) bond motifs is 4. The molecule has 3 nitrogen and oxygen atoms in total. The van der Waals surface area contributed by atoms with Crippen molar-refractivity contribution >= 4 is 12.8 Å². The van der Waals surface area contributed by atoms with E-state index in [1.54, 1.807) is 0 Å². The van der Waals surface area contributed by atoms with Gasteiger partial charge in [-0.25, -0.2) is 0 Å². The van der Waals surface area contributed by atoms with Gasteiger partial charge in [-0.1, -0.05) is 38.5 Å². The van der Waals surface area contributed by atoms with Gasteiger partial charge in [0.05, 0.1) is 0 Å². The number of hydrogen-bond acceptors (Lipinski definition) is 1. The molecule has 0 aromatic carbocycles. The molecule has 0 saturated heterocycles. The first-order chi connectivity index (χ1) is 12.8. The second-order valence-corrected chi connectivity index (χ2v) is 11.1. The molecule has 0 radical (unpaired) electrons. The zero-order valence-electron chi connectivity index (χ0n) is 18.7. The fraction of sp³-hybridized carbons (Fsp3) is 0.957. The highest BCUT2D eigenvalue weighted by molar-refractivity contribution is 6.62. The molecule has 0 unspecified atom stereocenters. The monoisotopic (exact) mass is 371 g/mol. The molecule has 4 fully saturated rings. The van der Waals surface area contributed by atoms with E-state index in [1.165, 1.54) is 57.3 Å². The van der Waals surface area contributed by atoms with Crippen molar-refractivity contribution in [2.24, 2.45) is 28.7 Å². The summed E-state index contributed by atoms with van der Waals surface area (Å²) in [6, 6.07) is 0.873. The molecule has 152 valence electrons. The highest BCUT2D eigenvalue weighted by atomic mass is 15.3. The summed E-state index contributed by atoms with van der Waals surface area (Å²) in [6.45, 7) is 9.99. The van der Waals surface area contributed by atoms with Crippen molar-refractivity contribution in [3.05, 3.63) is 0 Å². The van der Waals surface area contributed by atoms with E-state index in [2.05, 4.69) is 51.5 Å². The van der Waals surface area contributed by atoms with Crippen LogP contribution >= 0.6 is 0 Å². The van der Waals surface area contributed by atoms with E-state index in [-0.39, 0.29) is 0 Å². The molecule has 0 N–H and O–H groups in total. The fourth-order valence-corrected chi connectivity index (χ4v) is 7.51. The number of aliphatic imine (C=N–C) groups is 1. The van der Waals surface area contributed by atoms with Gasteiger partial charge in [0.25, 0.3) is 6.85 Å². The summed E-state index contributed by atoms with van der Waals surface area (Å²) < 4.78 is 0. The Morgan fingerprint density at radius 3 is 1.63 bits per heavy atom. The molecule has 27 heavy (non-hydrogen) atoms. The minimum atomic E-state index is 0.351. The van der Waals surface area contributed by atoms with Gasteiger partial charge in [-0.05, 0) is 75.8 Å². The summed E-state index contributed by atoms with van der Waals surface area (Å²) >= 11 is 0. The van der Waals surface area contributed by atoms with Gasteiger partial charge < -0.3 is 9.71 Å². The molecule has 4 heteroatoms. The maximum atomic E-state index is 5.15. The van der Waals surface area contributed by atoms with Gasteiger partial charge in [0.15, 0.2) is 5.96 Å². The van der Waals surface area contributed by atoms with Gasteiger partial charge in [-0.2, -0.15) is 0 Å². The number of rotatable bonds is 5. The zero-order valence-corrected chi connectivity index (χ0v) is 18.7. The SMILES string of the molecule is CC(C)N=C(N(C)C)N(B([C@H]1C[C@@H]2CC[C@H]1C2)[C@H]1C[C@@H]2CC[C@H]1C2)C(C)C. The molecule has 0 spiro atoms. The van der Waals surface area contributed by atoms with Crippen LogP contribution in [0.15, 0.2) is 4.99 Å². The number of nitrogens with zero attached hydrogens (tertiary/aromatic N) is 3. The summed E-state index contributed by atoms with van der Waals surface area (Å²) in [5.74, 6) is 7.10. The van der Waals surface area contributed by atoms with Crippen LogP contribution in [0.2, 0.25) is 11.6 Å². The van der Waals surface area contributed by atoms with Crippen LogP contribution in [-0.4, -0.2) is 48.7 Å². The quantitative estimate of drug-likeness (QED) is 0.366. The van der Waals surface area contributed by atoms with Crippen molar-refractivity contribution in [2.45, 2.75) is 103 Å². The van der Waals surface area contributed by atoms with E-state index in [1.807, 2.05) is 0 Å². The van der Waals surface area contributed by atoms with E-state index >= 15 is 0 Å². The number of hydrogen-bond donors (Lipinski definition) is 0. The number of guanidine groups is 1. The van der Waals surface area contributed by atoms with Crippen LogP contribution in [-0.2, 0) is 0 Å². The second-order valence-electron chi connectivity index (χ2n) is 11.1. The highest BCUT2D eigenvalue weighted by Crippen LogP contribution is 2.60. The lowest BCUT2D eigenvalue weighted by Gasteiger charge is -2.47. The average Bonchev–Trinajstić information content (AvgIpc) is 3.37. The minimum absolute atomic E-state index is 0.351. The first kappa shape index (κ1) is 19.6. The van der Waals surface area contributed by atoms with Gasteiger partial charge in [-0.15, -0.1) is 0 Å². The van der Waals surface area contributed by atoms with E-state index in [4.69, 9.17) is 4.99 Å². The lowest BCUT2D eigenvalue weighted by molar-refractivity contribution is 0.369. The van der Waals surface area contributed by atoms with Crippen LogP contribution < -0.4 is 0 Å². The molecule has 4 rings (SSSR count). The van der Waals surface area contributed by atoms with Crippen LogP contribution in [0.3, 0.4) is 0 Å². The summed E-state index contributed by atoms with van der Waals surface area (Å²) in [5.41, 5.74) is 0. The molecular weight excluding hydrogens is 329 g/mol. The molecule has 6 atom stereocenters. The van der Waals surface area contributed by atoms with Crippen molar-refractivity contribution in [1.82, 2.24) is 9.71 Å². The molecule has 4 bridgehead atoms. The Kier molecular flexibility index (Phi) is 5.55. The van der Waals surface area contributed by atoms with Crippen LogP contribution in [0.25, 0.3) is 0 Å². The molecule has 0 aliphatic heterocycles. The average molecular weight is 371 g/mol. The van der Waals surface area contributed by atoms with Crippen molar-refractivity contribution in [1.29, 1.82) is 0 Å². The predicted molar refractivity (Wildman–Crippen MR) is 117 cm³/mol. The fourth-order valence-electron chi connectivity index (χ4n) is 7.51. The summed E-state index contributed by atoms with van der Waals surface area (Å²) in [5, 5.41) is 0. The van der Waals surface area contributed by atoms with Crippen molar-refractivity contribution < 1.29 is 0 Å². The second kappa shape index (κ2) is 7.63. The third kappa shape index (κ3) is 3.67. The first-order valence-electron chi connectivity index (χ1n) is 11.9. The van der Waals surface area contributed by atoms with Gasteiger partial charge in [0.2, 0.25) is 0 Å². The Labute approximate surface area is 168 Å². The third-order valence-electron chi connectivity index (χ3n) is 8.35. The molecule has 0 aromatic heterocycles. The topological polar surface area (TPSA) is 18.8 Å². The van der Waals surface area contributed by atoms with Crippen LogP contribution in [0, 0.1) is 23.7 Å². The summed E-state index contributed by atoms with van der Waals surface area (Å²) in [4.78, 5) is 10.3. The Hall–Kier alpha value is -0.665. The smallest absolute Gasteiger partial charge is 0.265 e. The Morgan fingerprint density at radius 1 is 0.815 bits per heavy atom. The van der Waals surface area contributed by atoms with Gasteiger partial charge in [0, 0.05) is 26.2 Å². The maximum Gasteiger partial charge on any atom is 0.265 e. The van der Waals surface area contributed by atoms with E-state index in [0.29, 0.717) is 12.1 Å². The Balaban J connectivity index is 1.70. The molecule has 4 aliphatic rings. The van der Waals surface area contributed by atoms with Crippen molar-refractivity contribution in [2.75, 3.05) is 14.1 Å². The molecule has 0 aromatic rings. The van der Waals surface area contributed by atoms with Gasteiger partial charge >= 0.3 is 0 Å². The standard InChI is InChI=1S/C23H42BN3/c1-15(2)25-23(26(5)6)27(16(3)4)24(21-13-17-7-9-19(21)11-17)22-14-18-8-10-20(22)12-18/h15-22H,7-14H2,1-6H3/t17-,18-,19+,20+,21+,22+/m1/s1. The maximum absolute atomic E-state index is 5.15. The molecule has 0 amide bonds. The first-order valence-corrected chi connectivity index (χ1v) is 11.9. The third-order valence-corrected chi connectivity index (χ3v) is 8.35. The van der Waals surface area contributed by atoms with Crippen LogP contribution in [0.4, 0.5) is 0 Å². The Bertz CT molecular complexity index is 530. The molecule has 4 saturated carbocycles. The van der Waals surface area contributed by atoms with E-state index < -0.39 is 0 Å². The lowest BCUT2D eigenvalue weighted by Crippen LogP contribution is -2.58. The largest absolute Gasteiger partial charge is 0.384 e. The summed E-state index contributed by atoms with van der Waals surface area (Å²) in [6.07, 6.45) is 12.0.